The quantitative estimate of drug-likeness (QED) is 0.0256. The molecule has 0 unspecified atom stereocenters. The fourth-order valence-corrected chi connectivity index (χ4v) is 11.3. The second-order valence-corrected chi connectivity index (χ2v) is 30.6. The lowest BCUT2D eigenvalue weighted by Crippen LogP contribution is -2.28. The maximum absolute atomic E-state index is 14.6. The molecule has 2 amide bonds. The molecule has 500 valence electrons. The maximum Gasteiger partial charge on any atom is 0.344 e. The van der Waals surface area contributed by atoms with E-state index in [4.69, 9.17) is 38.1 Å². The molecule has 0 saturated heterocycles. The van der Waals surface area contributed by atoms with Gasteiger partial charge in [0, 0.05) is 47.8 Å². The van der Waals surface area contributed by atoms with Crippen LogP contribution in [0.2, 0.25) is 0 Å². The number of rotatable bonds is 17. The number of pyridine rings is 1. The Morgan fingerprint density at radius 1 is 0.436 bits per heavy atom. The molecule has 3 N–H and O–H groups in total. The first-order valence-corrected chi connectivity index (χ1v) is 32.2. The van der Waals surface area contributed by atoms with E-state index in [0.29, 0.717) is 39.7 Å². The molecule has 1 aliphatic carbocycles. The predicted molar refractivity (Wildman–Crippen MR) is 372 cm³/mol. The monoisotopic (exact) mass is 1280 g/mol. The summed E-state index contributed by atoms with van der Waals surface area (Å²) >= 11 is 0. The van der Waals surface area contributed by atoms with Crippen LogP contribution in [0.5, 0.6) is 23.0 Å². The summed E-state index contributed by atoms with van der Waals surface area (Å²) in [6.45, 7) is 39.8. The number of nitrogens with zero attached hydrogens (tertiary/aromatic N) is 1. The number of nitrogens with one attached hydrogen (secondary N) is 3. The number of ether oxygens (including phenoxy) is 7. The minimum Gasteiger partial charge on any atom is -0.483 e. The van der Waals surface area contributed by atoms with Gasteiger partial charge in [-0.15, -0.1) is 0 Å². The van der Waals surface area contributed by atoms with Gasteiger partial charge < -0.3 is 49.1 Å². The smallest absolute Gasteiger partial charge is 0.344 e. The van der Waals surface area contributed by atoms with Crippen molar-refractivity contribution in [2.24, 2.45) is 0 Å². The molecule has 0 fully saturated rings. The van der Waals surface area contributed by atoms with E-state index in [-0.39, 0.29) is 38.3 Å². The van der Waals surface area contributed by atoms with Crippen molar-refractivity contribution in [1.29, 1.82) is 0 Å². The predicted octanol–water partition coefficient (Wildman–Crippen LogP) is 15.1. The summed E-state index contributed by atoms with van der Waals surface area (Å²) in [6.07, 6.45) is 2.07. The molecule has 1 aliphatic rings. The number of aryl methyl sites for hydroxylation is 1. The van der Waals surface area contributed by atoms with E-state index < -0.39 is 83.3 Å². The summed E-state index contributed by atoms with van der Waals surface area (Å²) in [7, 11) is 0. The van der Waals surface area contributed by atoms with E-state index in [2.05, 4.69) is 121 Å². The molecule has 1 heterocycles. The Hall–Kier alpha value is -8.92. The van der Waals surface area contributed by atoms with Gasteiger partial charge >= 0.3 is 17.9 Å². The molecule has 0 aliphatic heterocycles. The van der Waals surface area contributed by atoms with Gasteiger partial charge in [-0.2, -0.15) is 0 Å². The van der Waals surface area contributed by atoms with Crippen molar-refractivity contribution in [3.05, 3.63) is 170 Å². The van der Waals surface area contributed by atoms with Gasteiger partial charge in [-0.05, 0) is 183 Å². The van der Waals surface area contributed by atoms with E-state index >= 15 is 0 Å². The van der Waals surface area contributed by atoms with E-state index in [1.54, 1.807) is 0 Å². The summed E-state index contributed by atoms with van der Waals surface area (Å²) in [5, 5.41) is 10.8. The Morgan fingerprint density at radius 2 is 0.755 bits per heavy atom. The molecule has 0 atom stereocenters. The number of aromatic nitrogens is 1. The lowest BCUT2D eigenvalue weighted by molar-refractivity contribution is -0.158. The van der Waals surface area contributed by atoms with Crippen LogP contribution in [0.15, 0.2) is 104 Å². The highest BCUT2D eigenvalue weighted by molar-refractivity contribution is 5.98. The van der Waals surface area contributed by atoms with Crippen LogP contribution in [-0.4, -0.2) is 84.6 Å². The number of amides is 2. The van der Waals surface area contributed by atoms with E-state index in [1.807, 2.05) is 124 Å². The standard InChI is InChI=1S/C78H96N4O12/c1-21-64(83)80-45-79-60-24-22-47-28-48-23-25-61(40-63(48)82-62(47)39-60)81-65(84)41-88-70-51-29-49-26-46(2)27-50(69(49)89-42-66(85)92-76(12,13)14)30-52-34-58(74(6,7)8)37-55(71(52)90-43-67(86)93-77(15,16)17)32-56-38-59(75(9,10)11)36-54(31-53(70)35-57(33-51)73(3,4)5)72(56)91-44-68(87)94-78(18,19)20/h21-28,33-40,79H,1,29-32,41-45H2,2-20H3,(H,80,83)(H,81,84). The number of anilines is 2. The molecular formula is C78H96N4O12. The molecule has 0 spiro atoms. The average molecular weight is 1280 g/mol. The number of hydrogen-bond acceptors (Lipinski definition) is 14. The Morgan fingerprint density at radius 3 is 1.09 bits per heavy atom. The van der Waals surface area contributed by atoms with E-state index in [9.17, 15) is 24.0 Å². The molecule has 8 bridgehead atoms. The molecule has 6 aromatic carbocycles. The third kappa shape index (κ3) is 19.3. The SMILES string of the molecule is C=CC(=O)NCNc1ccc2cc3ccc(NC(=O)COc4c5cc(C(C)(C)C)cc4Cc4cc(C(C)(C)C)cc(c4OCC(=O)OC(C)(C)C)Cc4cc(C(C)(C)C)cc(c4OCC(=O)OC(C)(C)C)Cc4cc(C)cc(c4OCC(=O)OC(C)(C)C)C5)cc3nc2c1. The van der Waals surface area contributed by atoms with Gasteiger partial charge in [-0.1, -0.05) is 135 Å². The zero-order valence-electron chi connectivity index (χ0n) is 58.7. The zero-order chi connectivity index (χ0) is 69.0. The molecule has 8 rings (SSSR count). The van der Waals surface area contributed by atoms with Crippen molar-refractivity contribution in [2.45, 2.75) is 190 Å². The maximum atomic E-state index is 14.6. The number of carbonyl (C=O) groups excluding carboxylic acids is 5. The largest absolute Gasteiger partial charge is 0.483 e. The van der Waals surface area contributed by atoms with Gasteiger partial charge in [0.2, 0.25) is 5.91 Å². The van der Waals surface area contributed by atoms with Gasteiger partial charge in [-0.3, -0.25) is 9.59 Å². The van der Waals surface area contributed by atoms with Crippen LogP contribution in [0.25, 0.3) is 21.8 Å². The van der Waals surface area contributed by atoms with Gasteiger partial charge in [0.05, 0.1) is 17.7 Å². The van der Waals surface area contributed by atoms with E-state index in [1.165, 1.54) is 6.08 Å². The fourth-order valence-electron chi connectivity index (χ4n) is 11.3. The van der Waals surface area contributed by atoms with Crippen LogP contribution < -0.4 is 34.9 Å². The zero-order valence-corrected chi connectivity index (χ0v) is 58.7. The number of carbonyl (C=O) groups is 5. The number of benzene rings is 6. The van der Waals surface area contributed by atoms with Crippen LogP contribution in [0.1, 0.15) is 191 Å². The number of esters is 3. The summed E-state index contributed by atoms with van der Waals surface area (Å²) in [6, 6.07) is 30.2. The van der Waals surface area contributed by atoms with Gasteiger partial charge in [0.25, 0.3) is 5.91 Å². The Labute approximate surface area is 555 Å². The second kappa shape index (κ2) is 28.0. The molecule has 1 aromatic heterocycles. The summed E-state index contributed by atoms with van der Waals surface area (Å²) in [4.78, 5) is 72.8. The fraction of sp³-hybridized carbons (Fsp3) is 0.436. The lowest BCUT2D eigenvalue weighted by atomic mass is 9.80. The summed E-state index contributed by atoms with van der Waals surface area (Å²) < 4.78 is 45.1. The molecule has 16 nitrogen and oxygen atoms in total. The molecule has 94 heavy (non-hydrogen) atoms. The normalized spacial score (nSPS) is 12.9. The average Bonchev–Trinajstić information content (AvgIpc) is 0.776. The van der Waals surface area contributed by atoms with Gasteiger partial charge in [-0.25, -0.2) is 19.4 Å². The number of fused-ring (bicyclic) bond motifs is 10. The van der Waals surface area contributed by atoms with Gasteiger partial charge in [0.1, 0.15) is 39.8 Å². The Balaban J connectivity index is 1.35. The topological polar surface area (TPSA) is 199 Å². The molecule has 0 saturated carbocycles. The highest BCUT2D eigenvalue weighted by Gasteiger charge is 2.31. The first-order valence-electron chi connectivity index (χ1n) is 32.2. The van der Waals surface area contributed by atoms with Crippen molar-refractivity contribution in [3.63, 3.8) is 0 Å². The van der Waals surface area contributed by atoms with Crippen molar-refractivity contribution < 1.29 is 57.1 Å². The van der Waals surface area contributed by atoms with Crippen molar-refractivity contribution in [3.8, 4) is 23.0 Å². The first kappa shape index (κ1) is 70.9. The van der Waals surface area contributed by atoms with Crippen molar-refractivity contribution in [1.82, 2.24) is 10.3 Å². The molecule has 0 radical (unpaired) electrons. The van der Waals surface area contributed by atoms with E-state index in [0.717, 1.165) is 83.2 Å². The van der Waals surface area contributed by atoms with Crippen LogP contribution >= 0.6 is 0 Å². The summed E-state index contributed by atoms with van der Waals surface area (Å²) in [5.74, 6) is -0.543. The molecular weight excluding hydrogens is 1180 g/mol. The highest BCUT2D eigenvalue weighted by atomic mass is 16.6. The Bertz CT molecular complexity index is 4050. The number of hydrogen-bond donors (Lipinski definition) is 3. The lowest BCUT2D eigenvalue weighted by Gasteiger charge is -2.29. The van der Waals surface area contributed by atoms with Crippen molar-refractivity contribution in [2.75, 3.05) is 43.7 Å². The minimum absolute atomic E-state index is 0.201. The molecule has 7 aromatic rings. The van der Waals surface area contributed by atoms with Crippen LogP contribution in [-0.2, 0) is 80.1 Å². The second-order valence-electron chi connectivity index (χ2n) is 30.6. The van der Waals surface area contributed by atoms with Crippen molar-refractivity contribution >= 4 is 62.9 Å². The first-order chi connectivity index (χ1) is 43.7. The van der Waals surface area contributed by atoms with Crippen LogP contribution in [0.4, 0.5) is 11.4 Å². The third-order valence-corrected chi connectivity index (χ3v) is 15.5. The third-order valence-electron chi connectivity index (χ3n) is 15.5. The summed E-state index contributed by atoms with van der Waals surface area (Å²) in [5.41, 5.74) is 8.85. The van der Waals surface area contributed by atoms with Crippen LogP contribution in [0, 0.1) is 6.92 Å². The highest BCUT2D eigenvalue weighted by Crippen LogP contribution is 2.44. The molecule has 16 heteroatoms. The van der Waals surface area contributed by atoms with Gasteiger partial charge in [0.15, 0.2) is 26.4 Å². The van der Waals surface area contributed by atoms with Crippen LogP contribution in [0.3, 0.4) is 0 Å². The minimum atomic E-state index is -0.798. The Kier molecular flexibility index (Phi) is 21.1.